The molecule has 25 heavy (non-hydrogen) atoms. The van der Waals surface area contributed by atoms with Gasteiger partial charge in [0, 0.05) is 11.9 Å². The molecule has 0 saturated carbocycles. The molecule has 6 nitrogen and oxygen atoms in total. The van der Waals surface area contributed by atoms with E-state index in [2.05, 4.69) is 10.1 Å². The van der Waals surface area contributed by atoms with Crippen LogP contribution in [0.25, 0.3) is 5.69 Å². The Morgan fingerprint density at radius 3 is 2.64 bits per heavy atom. The van der Waals surface area contributed by atoms with E-state index >= 15 is 0 Å². The molecule has 3 rings (SSSR count). The summed E-state index contributed by atoms with van der Waals surface area (Å²) in [5, 5.41) is 12.2. The first kappa shape index (κ1) is 16.4. The first-order chi connectivity index (χ1) is 12.0. The molecule has 0 saturated heterocycles. The summed E-state index contributed by atoms with van der Waals surface area (Å²) >= 11 is 0. The minimum Gasteiger partial charge on any atom is -0.478 e. The van der Waals surface area contributed by atoms with Crippen LogP contribution in [0.3, 0.4) is 0 Å². The van der Waals surface area contributed by atoms with Crippen molar-refractivity contribution in [1.29, 1.82) is 0 Å². The minimum atomic E-state index is -1.06. The van der Waals surface area contributed by atoms with Crippen LogP contribution < -0.4 is 5.56 Å². The van der Waals surface area contributed by atoms with Crippen LogP contribution >= 0.6 is 0 Å². The van der Waals surface area contributed by atoms with Crippen LogP contribution in [-0.4, -0.2) is 27.1 Å². The fourth-order valence-electron chi connectivity index (χ4n) is 2.56. The van der Waals surface area contributed by atoms with Gasteiger partial charge < -0.3 is 5.11 Å². The van der Waals surface area contributed by atoms with Crippen molar-refractivity contribution < 1.29 is 9.90 Å². The zero-order valence-corrected chi connectivity index (χ0v) is 13.9. The van der Waals surface area contributed by atoms with Gasteiger partial charge >= 0.3 is 5.97 Å². The number of carbonyl (C=O) groups is 1. The highest BCUT2D eigenvalue weighted by atomic mass is 16.4. The number of aliphatic imine (C=N–C) groups is 1. The van der Waals surface area contributed by atoms with Gasteiger partial charge in [0.2, 0.25) is 0 Å². The SMILES string of the molecule is Cc1cccc(-n2[nH]c(C)c(C=Nc3ccccc3C(=O)O)c2=O)c1. The number of nitrogens with zero attached hydrogens (tertiary/aromatic N) is 2. The summed E-state index contributed by atoms with van der Waals surface area (Å²) in [7, 11) is 0. The highest BCUT2D eigenvalue weighted by Crippen LogP contribution is 2.18. The summed E-state index contributed by atoms with van der Waals surface area (Å²) in [5.74, 6) is -1.06. The molecule has 0 radical (unpaired) electrons. The molecule has 3 aromatic rings. The van der Waals surface area contributed by atoms with Gasteiger partial charge in [-0.2, -0.15) is 0 Å². The van der Waals surface area contributed by atoms with Crippen molar-refractivity contribution in [2.75, 3.05) is 0 Å². The largest absolute Gasteiger partial charge is 0.478 e. The third-order valence-electron chi connectivity index (χ3n) is 3.84. The van der Waals surface area contributed by atoms with E-state index in [4.69, 9.17) is 0 Å². The number of aryl methyl sites for hydroxylation is 2. The summed E-state index contributed by atoms with van der Waals surface area (Å²) in [6.45, 7) is 3.73. The molecule has 2 N–H and O–H groups in total. The molecule has 0 unspecified atom stereocenters. The third kappa shape index (κ3) is 3.28. The van der Waals surface area contributed by atoms with Gasteiger partial charge in [-0.05, 0) is 43.7 Å². The summed E-state index contributed by atoms with van der Waals surface area (Å²) in [5.41, 5.74) is 2.98. The molecule has 0 fully saturated rings. The fourth-order valence-corrected chi connectivity index (χ4v) is 2.56. The van der Waals surface area contributed by atoms with Crippen LogP contribution in [-0.2, 0) is 0 Å². The van der Waals surface area contributed by atoms with Crippen LogP contribution in [0, 0.1) is 13.8 Å². The normalized spacial score (nSPS) is 11.1. The number of rotatable bonds is 4. The predicted molar refractivity (Wildman–Crippen MR) is 96.5 cm³/mol. The molecule has 0 bridgehead atoms. The number of H-pyrrole nitrogens is 1. The van der Waals surface area contributed by atoms with Crippen molar-refractivity contribution in [2.24, 2.45) is 4.99 Å². The number of hydrogen-bond donors (Lipinski definition) is 2. The summed E-state index contributed by atoms with van der Waals surface area (Å²) < 4.78 is 1.45. The van der Waals surface area contributed by atoms with E-state index in [0.29, 0.717) is 16.9 Å². The molecular weight excluding hydrogens is 318 g/mol. The molecule has 0 spiro atoms. The molecule has 2 aromatic carbocycles. The Kier molecular flexibility index (Phi) is 4.35. The zero-order valence-electron chi connectivity index (χ0n) is 13.9. The Morgan fingerprint density at radius 2 is 1.92 bits per heavy atom. The lowest BCUT2D eigenvalue weighted by Crippen LogP contribution is -2.17. The second kappa shape index (κ2) is 6.60. The van der Waals surface area contributed by atoms with Crippen LogP contribution in [0.15, 0.2) is 58.3 Å². The fraction of sp³-hybridized carbons (Fsp3) is 0.105. The highest BCUT2D eigenvalue weighted by Gasteiger charge is 2.12. The molecule has 126 valence electrons. The van der Waals surface area contributed by atoms with E-state index in [9.17, 15) is 14.7 Å². The molecule has 0 amide bonds. The molecule has 1 heterocycles. The van der Waals surface area contributed by atoms with E-state index in [1.54, 1.807) is 25.1 Å². The third-order valence-corrected chi connectivity index (χ3v) is 3.84. The van der Waals surface area contributed by atoms with Crippen LogP contribution in [0.2, 0.25) is 0 Å². The first-order valence-corrected chi connectivity index (χ1v) is 7.72. The van der Waals surface area contributed by atoms with Gasteiger partial charge in [-0.25, -0.2) is 9.48 Å². The number of carboxylic acid groups (broad SMARTS) is 1. The number of hydrogen-bond acceptors (Lipinski definition) is 3. The smallest absolute Gasteiger partial charge is 0.337 e. The molecule has 0 aliphatic rings. The Balaban J connectivity index is 2.03. The monoisotopic (exact) mass is 335 g/mol. The van der Waals surface area contributed by atoms with Crippen molar-refractivity contribution in [3.05, 3.63) is 81.3 Å². The number of benzene rings is 2. The second-order valence-electron chi connectivity index (χ2n) is 5.71. The molecular formula is C19H17N3O3. The van der Waals surface area contributed by atoms with Crippen LogP contribution in [0.5, 0.6) is 0 Å². The van der Waals surface area contributed by atoms with E-state index in [1.165, 1.54) is 17.0 Å². The lowest BCUT2D eigenvalue weighted by atomic mass is 10.2. The maximum absolute atomic E-state index is 12.7. The predicted octanol–water partition coefficient (Wildman–Crippen LogP) is 3.23. The van der Waals surface area contributed by atoms with Crippen LogP contribution in [0.1, 0.15) is 27.2 Å². The van der Waals surface area contributed by atoms with Gasteiger partial charge in [-0.15, -0.1) is 0 Å². The minimum absolute atomic E-state index is 0.0888. The number of para-hydroxylation sites is 1. The van der Waals surface area contributed by atoms with Gasteiger partial charge in [0.1, 0.15) is 0 Å². The van der Waals surface area contributed by atoms with Gasteiger partial charge in [0.15, 0.2) is 0 Å². The first-order valence-electron chi connectivity index (χ1n) is 7.72. The van der Waals surface area contributed by atoms with Crippen molar-refractivity contribution >= 4 is 17.9 Å². The zero-order chi connectivity index (χ0) is 18.0. The van der Waals surface area contributed by atoms with Crippen molar-refractivity contribution in [3.8, 4) is 5.69 Å². The number of aromatic amines is 1. The summed E-state index contributed by atoms with van der Waals surface area (Å²) in [6.07, 6.45) is 1.40. The average molecular weight is 335 g/mol. The highest BCUT2D eigenvalue weighted by molar-refractivity contribution is 5.95. The number of aromatic carboxylic acids is 1. The quantitative estimate of drug-likeness (QED) is 0.718. The molecule has 0 aliphatic heterocycles. The maximum Gasteiger partial charge on any atom is 0.337 e. The Morgan fingerprint density at radius 1 is 1.16 bits per heavy atom. The summed E-state index contributed by atoms with van der Waals surface area (Å²) in [6, 6.07) is 14.0. The summed E-state index contributed by atoms with van der Waals surface area (Å²) in [4.78, 5) is 28.1. The molecule has 6 heteroatoms. The Hall–Kier alpha value is -3.41. The molecule has 1 aromatic heterocycles. The van der Waals surface area contributed by atoms with Gasteiger partial charge in [-0.1, -0.05) is 24.3 Å². The standard InChI is InChI=1S/C19H17N3O3/c1-12-6-5-7-14(10-12)22-18(23)16(13(2)21-22)11-20-17-9-4-3-8-15(17)19(24)25/h3-11,21H,1-2H3,(H,24,25). The lowest BCUT2D eigenvalue weighted by molar-refractivity contribution is 0.0698. The average Bonchev–Trinajstić information content (AvgIpc) is 2.87. The van der Waals surface area contributed by atoms with Gasteiger partial charge in [0.05, 0.1) is 22.5 Å². The molecule has 0 atom stereocenters. The van der Waals surface area contributed by atoms with Gasteiger partial charge in [-0.3, -0.25) is 14.9 Å². The maximum atomic E-state index is 12.7. The second-order valence-corrected chi connectivity index (χ2v) is 5.71. The van der Waals surface area contributed by atoms with Gasteiger partial charge in [0.25, 0.3) is 5.56 Å². The van der Waals surface area contributed by atoms with E-state index < -0.39 is 5.97 Å². The topological polar surface area (TPSA) is 87.4 Å². The number of carboxylic acids is 1. The Bertz CT molecular complexity index is 1030. The van der Waals surface area contributed by atoms with E-state index in [-0.39, 0.29) is 11.1 Å². The van der Waals surface area contributed by atoms with Crippen molar-refractivity contribution in [3.63, 3.8) is 0 Å². The molecule has 0 aliphatic carbocycles. The van der Waals surface area contributed by atoms with Crippen molar-refractivity contribution in [1.82, 2.24) is 9.78 Å². The van der Waals surface area contributed by atoms with E-state index in [0.717, 1.165) is 11.3 Å². The van der Waals surface area contributed by atoms with Crippen molar-refractivity contribution in [2.45, 2.75) is 13.8 Å². The van der Waals surface area contributed by atoms with Crippen LogP contribution in [0.4, 0.5) is 5.69 Å². The lowest BCUT2D eigenvalue weighted by Gasteiger charge is -2.02. The Labute approximate surface area is 144 Å². The number of aromatic nitrogens is 2. The number of nitrogens with one attached hydrogen (secondary N) is 1. The van der Waals surface area contributed by atoms with E-state index in [1.807, 2.05) is 31.2 Å².